The van der Waals surface area contributed by atoms with Crippen molar-refractivity contribution in [1.82, 2.24) is 72.3 Å². The second-order valence-corrected chi connectivity index (χ2v) is 30.2. The Morgan fingerprint density at radius 2 is 0.603 bits per heavy atom. The summed E-state index contributed by atoms with van der Waals surface area (Å²) in [5, 5.41) is 6.45. The number of para-hydroxylation sites is 1. The fourth-order valence-corrected chi connectivity index (χ4v) is 17.0. The summed E-state index contributed by atoms with van der Waals surface area (Å²) in [4.78, 5) is 43.1. The predicted molar refractivity (Wildman–Crippen MR) is 494 cm³/mol. The summed E-state index contributed by atoms with van der Waals surface area (Å²) in [7, 11) is 6.21. The van der Waals surface area contributed by atoms with Gasteiger partial charge in [-0.05, 0) is 161 Å². The van der Waals surface area contributed by atoms with E-state index in [1.165, 1.54) is 22.3 Å². The molecule has 0 atom stereocenters. The largest absolute Gasteiger partial charge is 2.00 e. The second kappa shape index (κ2) is 34.6. The number of aromatic nitrogens is 15. The van der Waals surface area contributed by atoms with E-state index in [9.17, 15) is 0 Å². The third-order valence-electron chi connectivity index (χ3n) is 22.9. The van der Waals surface area contributed by atoms with Gasteiger partial charge in [-0.1, -0.05) is 186 Å². The number of aryl methyl sites for hydroxylation is 3. The summed E-state index contributed by atoms with van der Waals surface area (Å²) in [6.45, 7) is 0. The summed E-state index contributed by atoms with van der Waals surface area (Å²) in [5.74, 6) is 2.59. The van der Waals surface area contributed by atoms with Gasteiger partial charge < -0.3 is 42.4 Å². The van der Waals surface area contributed by atoms with E-state index < -0.39 is 0 Å². The molecule has 0 spiro atoms. The minimum absolute atomic E-state index is 0. The van der Waals surface area contributed by atoms with Crippen molar-refractivity contribution in [3.05, 3.63) is 401 Å². The normalized spacial score (nSPS) is 11.3. The van der Waals surface area contributed by atoms with Gasteiger partial charge in [0.1, 0.15) is 16.9 Å². The third kappa shape index (κ3) is 14.7. The van der Waals surface area contributed by atoms with Crippen LogP contribution >= 0.6 is 0 Å². The average Bonchev–Trinajstić information content (AvgIpc) is 1.59. The van der Waals surface area contributed by atoms with Crippen LogP contribution in [0.2, 0.25) is 0 Å². The van der Waals surface area contributed by atoms with Crippen LogP contribution in [0, 0.1) is 36.4 Å². The number of hydrogen-bond acceptors (Lipinski definition) is 9. The van der Waals surface area contributed by atoms with E-state index in [1.54, 1.807) is 18.6 Å². The molecular formula is C108H69N15Pt3. The Morgan fingerprint density at radius 3 is 1.04 bits per heavy atom. The molecule has 18 heteroatoms. The SMILES string of the molecule is Cn1c(-c2[c-]c3c(cc2)c2cccnc2n3-c2[c-]c(-c3ccccn3)ccc2)nc2cc(-c3ccccc3)ccc21.Cn1c(-c2[c-]c3c(cc2)c2cccnc2n3-c2[c-]c(-c3ccccn3)ccc2)nc2ccc(-c3ccccc3)cc21.Cn1c(-c2[c-]c3c(cc2)c2cccnc2n3-c2[c-]c(-c3ccccn3)ccc2)nc2cccc(-c3ccccc3)c21.[Pt+2].[Pt+2].[Pt+2]. The zero-order valence-corrected chi connectivity index (χ0v) is 74.6. The minimum atomic E-state index is 0. The number of rotatable bonds is 12. The Bertz CT molecular complexity index is 7970. The van der Waals surface area contributed by atoms with Crippen molar-refractivity contribution in [2.75, 3.05) is 0 Å². The molecule has 0 radical (unpaired) electrons. The van der Waals surface area contributed by atoms with E-state index in [2.05, 4.69) is 300 Å². The number of fused-ring (bicyclic) bond motifs is 12. The van der Waals surface area contributed by atoms with Gasteiger partial charge in [0.05, 0.1) is 50.6 Å². The Balaban J connectivity index is 0.000000122. The van der Waals surface area contributed by atoms with Gasteiger partial charge in [-0.25, -0.2) is 15.0 Å². The van der Waals surface area contributed by atoms with Crippen LogP contribution in [0.5, 0.6) is 0 Å². The quantitative estimate of drug-likeness (QED) is 0.109. The first kappa shape index (κ1) is 81.1. The van der Waals surface area contributed by atoms with Crippen molar-refractivity contribution >= 4 is 98.9 Å². The van der Waals surface area contributed by atoms with E-state index in [1.807, 2.05) is 146 Å². The van der Waals surface area contributed by atoms with E-state index in [4.69, 9.17) is 29.9 Å². The van der Waals surface area contributed by atoms with E-state index in [0.717, 1.165) is 195 Å². The van der Waals surface area contributed by atoms with Crippen molar-refractivity contribution in [3.8, 4) is 118 Å². The average molecular weight is 2160 g/mol. The van der Waals surface area contributed by atoms with Crippen LogP contribution in [0.15, 0.2) is 365 Å². The van der Waals surface area contributed by atoms with Gasteiger partial charge in [0.25, 0.3) is 0 Å². The molecule has 126 heavy (non-hydrogen) atoms. The van der Waals surface area contributed by atoms with Gasteiger partial charge >= 0.3 is 63.2 Å². The molecule has 0 aliphatic heterocycles. The number of benzene rings is 12. The molecule has 24 rings (SSSR count). The molecule has 12 heterocycles. The van der Waals surface area contributed by atoms with Crippen LogP contribution in [0.1, 0.15) is 0 Å². The third-order valence-corrected chi connectivity index (χ3v) is 22.9. The van der Waals surface area contributed by atoms with Crippen molar-refractivity contribution < 1.29 is 63.2 Å². The predicted octanol–water partition coefficient (Wildman–Crippen LogP) is 24.2. The number of imidazole rings is 3. The van der Waals surface area contributed by atoms with Crippen LogP contribution in [0.4, 0.5) is 0 Å². The molecule has 0 aliphatic rings. The van der Waals surface area contributed by atoms with Gasteiger partial charge in [0.15, 0.2) is 0 Å². The molecule has 15 nitrogen and oxygen atoms in total. The molecule has 24 aromatic rings. The molecule has 0 saturated carbocycles. The minimum Gasteiger partial charge on any atom is -0.367 e. The molecule has 0 amide bonds. The monoisotopic (exact) mass is 2160 g/mol. The van der Waals surface area contributed by atoms with E-state index >= 15 is 0 Å². The number of nitrogens with zero attached hydrogens (tertiary/aromatic N) is 15. The fourth-order valence-electron chi connectivity index (χ4n) is 17.0. The standard InChI is InChI=1S/3C36H23N5.3Pt/c1-40-34-28(24-10-3-2-4-11-24)14-8-17-32(34)39-35(40)26-18-19-29-30-15-9-21-38-36(30)41(33(29)23-26)27-13-7-12-25(22-27)31-16-5-6-20-37-31;1-40-33-18-16-25(24-9-3-2-4-10-24)22-32(33)39-35(40)27-15-17-29-30-13-8-20-38-36(30)41(34(29)23-27)28-12-7-11-26(21-28)31-14-5-6-19-37-31;1-40-34-22-25(24-9-3-2-4-10-24)16-18-32(34)39-35(40)27-15-17-29-30-13-8-20-38-36(30)41(33(29)23-27)28-12-7-11-26(21-28)31-14-5-6-19-37-31;;;/h2-21H,1H3;2*2-20,22H,1H3;;;/q3*-2;3*+2. The van der Waals surface area contributed by atoms with Crippen molar-refractivity contribution in [2.45, 2.75) is 0 Å². The first-order chi connectivity index (χ1) is 60.7. The van der Waals surface area contributed by atoms with Crippen LogP contribution in [0.25, 0.3) is 217 Å². The summed E-state index contributed by atoms with van der Waals surface area (Å²) in [6, 6.07) is 134. The zero-order valence-electron chi connectivity index (χ0n) is 67.8. The number of pyridine rings is 6. The second-order valence-electron chi connectivity index (χ2n) is 30.2. The Hall–Kier alpha value is -14.6. The molecule has 0 bridgehead atoms. The number of hydrogen-bond donors (Lipinski definition) is 0. The van der Waals surface area contributed by atoms with Crippen LogP contribution in [0.3, 0.4) is 0 Å². The van der Waals surface area contributed by atoms with E-state index in [-0.39, 0.29) is 63.2 Å². The zero-order chi connectivity index (χ0) is 82.0. The first-order valence-electron chi connectivity index (χ1n) is 40.6. The van der Waals surface area contributed by atoms with Crippen LogP contribution in [-0.4, -0.2) is 72.3 Å². The molecule has 12 aromatic carbocycles. The maximum atomic E-state index is 5.08. The maximum absolute atomic E-state index is 5.08. The Labute approximate surface area is 768 Å². The Morgan fingerprint density at radius 1 is 0.230 bits per heavy atom. The van der Waals surface area contributed by atoms with Gasteiger partial charge in [-0.2, -0.15) is 0 Å². The molecule has 0 saturated heterocycles. The van der Waals surface area contributed by atoms with Gasteiger partial charge in [-0.15, -0.1) is 161 Å². The summed E-state index contributed by atoms with van der Waals surface area (Å²) in [5.41, 5.74) is 29.3. The van der Waals surface area contributed by atoms with Crippen LogP contribution < -0.4 is 0 Å². The summed E-state index contributed by atoms with van der Waals surface area (Å²) >= 11 is 0. The van der Waals surface area contributed by atoms with Crippen molar-refractivity contribution in [3.63, 3.8) is 0 Å². The molecule has 0 fully saturated rings. The molecule has 0 unspecified atom stereocenters. The molecule has 0 aliphatic carbocycles. The summed E-state index contributed by atoms with van der Waals surface area (Å²) in [6.07, 6.45) is 10.9. The maximum Gasteiger partial charge on any atom is 2.00 e. The molecular weight excluding hydrogens is 2090 g/mol. The van der Waals surface area contributed by atoms with Crippen molar-refractivity contribution in [2.24, 2.45) is 21.1 Å². The van der Waals surface area contributed by atoms with Gasteiger partial charge in [0, 0.05) is 63.9 Å². The summed E-state index contributed by atoms with van der Waals surface area (Å²) < 4.78 is 12.9. The molecule has 0 N–H and O–H groups in total. The fraction of sp³-hybridized carbons (Fsp3) is 0.0278. The van der Waals surface area contributed by atoms with Gasteiger partial charge in [-0.3, -0.25) is 15.0 Å². The Kier molecular flexibility index (Phi) is 22.3. The molecule has 12 aromatic heterocycles. The van der Waals surface area contributed by atoms with Crippen LogP contribution in [-0.2, 0) is 84.3 Å². The smallest absolute Gasteiger partial charge is 0.367 e. The first-order valence-corrected chi connectivity index (χ1v) is 40.6. The van der Waals surface area contributed by atoms with Gasteiger partial charge in [0.2, 0.25) is 0 Å². The topological polar surface area (TPSA) is 146 Å². The van der Waals surface area contributed by atoms with Crippen molar-refractivity contribution in [1.29, 1.82) is 0 Å². The van der Waals surface area contributed by atoms with E-state index in [0.29, 0.717) is 0 Å². The molecule has 606 valence electrons.